The molecule has 3 heterocycles. The maximum atomic E-state index is 15.8. The molecule has 0 aliphatic carbocycles. The van der Waals surface area contributed by atoms with Crippen molar-refractivity contribution in [3.63, 3.8) is 0 Å². The van der Waals surface area contributed by atoms with Crippen LogP contribution < -0.4 is 97.2 Å². The second-order valence-electron chi connectivity index (χ2n) is 28.6. The number of primary amides is 4. The fourth-order valence-electron chi connectivity index (χ4n) is 12.8. The van der Waals surface area contributed by atoms with Gasteiger partial charge in [-0.15, -0.1) is 0 Å². The fourth-order valence-corrected chi connectivity index (χ4v) is 13.8. The number of aromatic nitrogens is 2. The van der Waals surface area contributed by atoms with Gasteiger partial charge < -0.3 is 117 Å². The number of rotatable bonds is 38. The van der Waals surface area contributed by atoms with E-state index in [4.69, 9.17) is 33.4 Å². The normalized spacial score (nSPS) is 18.8. The van der Waals surface area contributed by atoms with Crippen LogP contribution in [0.15, 0.2) is 116 Å². The molecular weight excluding hydrogens is 1560 g/mol. The van der Waals surface area contributed by atoms with Crippen molar-refractivity contribution in [2.75, 3.05) is 24.6 Å². The lowest BCUT2D eigenvalue weighted by Crippen LogP contribution is -2.64. The number of thioether (sulfide) groups is 1. The van der Waals surface area contributed by atoms with Gasteiger partial charge in [-0.1, -0.05) is 66.7 Å². The predicted octanol–water partition coefficient (Wildman–Crippen LogP) is -3.27. The van der Waals surface area contributed by atoms with Crippen LogP contribution >= 0.6 is 11.8 Å². The molecule has 26 N–H and O–H groups in total. The van der Waals surface area contributed by atoms with Crippen LogP contribution in [0.4, 0.5) is 0 Å². The molecule has 12 atom stereocenters. The lowest BCUT2D eigenvalue weighted by atomic mass is 9.91. The van der Waals surface area contributed by atoms with E-state index in [9.17, 15) is 63.0 Å². The third kappa shape index (κ3) is 28.8. The van der Waals surface area contributed by atoms with Gasteiger partial charge in [0.1, 0.15) is 77.5 Å². The first-order valence-electron chi connectivity index (χ1n) is 37.9. The molecule has 39 nitrogen and oxygen atoms in total. The molecule has 1 aliphatic heterocycles. The Labute approximate surface area is 680 Å². The highest BCUT2D eigenvalue weighted by Gasteiger charge is 2.42. The van der Waals surface area contributed by atoms with Crippen LogP contribution in [0.2, 0.25) is 0 Å². The average molecular weight is 1660 g/mol. The van der Waals surface area contributed by atoms with Crippen molar-refractivity contribution in [1.29, 1.82) is 0 Å². The Morgan fingerprint density at radius 3 is 1.72 bits per heavy atom. The summed E-state index contributed by atoms with van der Waals surface area (Å²) < 4.78 is 6.05. The Kier molecular flexibility index (Phi) is 35.0. The third-order valence-electron chi connectivity index (χ3n) is 19.1. The minimum atomic E-state index is -2.10. The van der Waals surface area contributed by atoms with Crippen LogP contribution in [-0.2, 0) is 101 Å². The minimum absolute atomic E-state index is 0.0857. The van der Waals surface area contributed by atoms with Gasteiger partial charge in [0, 0.05) is 85.4 Å². The molecule has 0 saturated carbocycles. The van der Waals surface area contributed by atoms with Gasteiger partial charge in [-0.2, -0.15) is 11.8 Å². The summed E-state index contributed by atoms with van der Waals surface area (Å²) in [6, 6.07) is 11.3. The molecule has 4 aromatic carbocycles. The quantitative estimate of drug-likeness (QED) is 0.0169. The molecular formula is C78H101N19O20S. The van der Waals surface area contributed by atoms with Crippen molar-refractivity contribution in [2.24, 2.45) is 28.7 Å². The molecule has 40 heteroatoms. The number of aliphatic carboxylic acids is 1. The summed E-state index contributed by atoms with van der Waals surface area (Å²) in [7, 11) is 0. The molecule has 2 aromatic heterocycles. The zero-order chi connectivity index (χ0) is 86.3. The Bertz CT molecular complexity index is 4620. The van der Waals surface area contributed by atoms with Crippen molar-refractivity contribution in [1.82, 2.24) is 73.8 Å². The number of aliphatic hydroxyl groups is 1. The molecule has 1 saturated heterocycles. The highest BCUT2D eigenvalue weighted by Crippen LogP contribution is 2.26. The molecule has 16 amide bonds. The number of nitrogens with one attached hydrogen (secondary N) is 14. The van der Waals surface area contributed by atoms with Gasteiger partial charge in [0.2, 0.25) is 94.5 Å². The number of amides is 16. The Morgan fingerprint density at radius 1 is 0.576 bits per heavy atom. The summed E-state index contributed by atoms with van der Waals surface area (Å²) in [5.41, 5.74) is 28.0. The van der Waals surface area contributed by atoms with Crippen LogP contribution in [0.1, 0.15) is 108 Å². The second kappa shape index (κ2) is 44.8. The number of hydrogen-bond acceptors (Lipinski definition) is 21. The first-order chi connectivity index (χ1) is 56.1. The molecule has 0 radical (unpaired) electrons. The van der Waals surface area contributed by atoms with Gasteiger partial charge in [0.25, 0.3) is 0 Å². The average Bonchev–Trinajstić information content (AvgIpc) is 0.977. The number of benzene rings is 4. The van der Waals surface area contributed by atoms with Crippen LogP contribution in [0.25, 0.3) is 21.8 Å². The van der Waals surface area contributed by atoms with Crippen LogP contribution in [0.3, 0.4) is 0 Å². The standard InChI is InChI=1S/C78H101N19O20S/c1-41(98)66-76(115)93-57(34-44-37-84-50-17-9-7-15-48(44)50)73(112)89-52(23-26-61(80)100)68(107)94-60(40-118-32-29-55(87-42(2)99)70(109)88-53(71(110)96-66)24-27-62(81)101)74(113)90-56(33-43-19-21-47(22-20-43)117-46-13-5-4-6-14-46)72(111)91-58(35-45-38-85-51-18-10-8-16-49(45)51)75(114)97-78(3,30-11-12-31-79)77(116)95-54(25-28-65(104)105)69(108)92-59(36-63(82)102)67(106)86-39-64(83)103/h4-10,13-22,37-38,41,52-60,66,84-85,98H,11-12,23-36,39-40,79H2,1-3H3,(H2,80,100)(H2,81,101)(H2,82,102)(H2,83,103)(H,86,106)(H,87,99)(H,88,109)(H,89,112)(H,90,113)(H,91,111)(H,92,108)(H,93,115)(H,94,107)(H,95,116)(H,96,110)(H,97,114)(H,104,105)/t41-,52+,53+,54+,55+,56+,57+,58+,59+,60+,66+,78+/m1/s1. The van der Waals surface area contributed by atoms with Crippen molar-refractivity contribution in [2.45, 2.75) is 183 Å². The lowest BCUT2D eigenvalue weighted by molar-refractivity contribution is -0.140. The number of carboxylic acid groups (broad SMARTS) is 1. The highest BCUT2D eigenvalue weighted by molar-refractivity contribution is 7.99. The zero-order valence-electron chi connectivity index (χ0n) is 65.1. The maximum absolute atomic E-state index is 15.8. The van der Waals surface area contributed by atoms with E-state index < -0.39 is 236 Å². The maximum Gasteiger partial charge on any atom is 0.303 e. The van der Waals surface area contributed by atoms with Gasteiger partial charge >= 0.3 is 5.97 Å². The number of carbonyl (C=O) groups excluding carboxylic acids is 16. The van der Waals surface area contributed by atoms with Gasteiger partial charge in [-0.05, 0) is 124 Å². The van der Waals surface area contributed by atoms with Gasteiger partial charge in [0.15, 0.2) is 0 Å². The number of H-pyrrole nitrogens is 2. The van der Waals surface area contributed by atoms with Crippen molar-refractivity contribution < 1.29 is 96.5 Å². The highest BCUT2D eigenvalue weighted by atomic mass is 32.2. The molecule has 634 valence electrons. The van der Waals surface area contributed by atoms with Gasteiger partial charge in [-0.25, -0.2) is 0 Å². The molecule has 118 heavy (non-hydrogen) atoms. The molecule has 0 spiro atoms. The third-order valence-corrected chi connectivity index (χ3v) is 20.2. The Morgan fingerprint density at radius 2 is 1.13 bits per heavy atom. The van der Waals surface area contributed by atoms with E-state index in [1.807, 2.05) is 0 Å². The predicted molar refractivity (Wildman–Crippen MR) is 428 cm³/mol. The molecule has 7 rings (SSSR count). The monoisotopic (exact) mass is 1660 g/mol. The summed E-state index contributed by atoms with van der Waals surface area (Å²) in [6.45, 7) is 2.87. The second-order valence-corrected chi connectivity index (χ2v) is 29.7. The van der Waals surface area contributed by atoms with Crippen LogP contribution in [-0.4, -0.2) is 217 Å². The molecule has 6 aromatic rings. The molecule has 1 aliphatic rings. The first kappa shape index (κ1) is 92.2. The van der Waals surface area contributed by atoms with E-state index in [-0.39, 0.29) is 50.8 Å². The van der Waals surface area contributed by atoms with E-state index in [2.05, 4.69) is 73.8 Å². The first-order valence-corrected chi connectivity index (χ1v) is 39.1. The van der Waals surface area contributed by atoms with E-state index >= 15 is 28.8 Å². The van der Waals surface area contributed by atoms with E-state index in [1.54, 1.807) is 116 Å². The smallest absolute Gasteiger partial charge is 0.303 e. The van der Waals surface area contributed by atoms with Crippen molar-refractivity contribution in [3.05, 3.63) is 132 Å². The van der Waals surface area contributed by atoms with Gasteiger partial charge in [-0.3, -0.25) is 81.5 Å². The lowest BCUT2D eigenvalue weighted by Gasteiger charge is -2.34. The molecule has 0 unspecified atom stereocenters. The number of aliphatic hydroxyl groups excluding tert-OH is 1. The number of aromatic amines is 2. The largest absolute Gasteiger partial charge is 0.481 e. The molecule has 1 fully saturated rings. The van der Waals surface area contributed by atoms with Crippen LogP contribution in [0.5, 0.6) is 11.5 Å². The fraction of sp³-hybridized carbons (Fsp3) is 0.423. The number of ether oxygens (including phenoxy) is 1. The Balaban J connectivity index is 1.31. The SMILES string of the molecule is CC(=O)N[C@H]1CCSC[C@@H](C(=O)N[C@@H](Cc2ccc(Oc3ccccc3)cc2)C(=O)N[C@@H](Cc2c[nH]c3ccccc23)C(=O)N[C@@](C)(CCCCN)C(=O)N[C@@H](CCC(=O)O)C(=O)N[C@@H](CC(N)=O)C(=O)NCC(N)=O)NC(=O)[C@H](CCC(N)=O)NC(=O)[C@H](Cc2c[nH]c3ccccc23)NC(=O)[C@H]([C@@H](C)O)NC(=O)[C@H](CCC(N)=O)NC1=O. The summed E-state index contributed by atoms with van der Waals surface area (Å²) in [5, 5.41) is 52.3. The zero-order valence-corrected chi connectivity index (χ0v) is 65.9. The summed E-state index contributed by atoms with van der Waals surface area (Å²) in [5.74, 6) is -18.0. The number of nitrogens with two attached hydrogens (primary N) is 5. The minimum Gasteiger partial charge on any atom is -0.481 e. The molecule has 0 bridgehead atoms. The number of unbranched alkanes of at least 4 members (excludes halogenated alkanes) is 1. The summed E-state index contributed by atoms with van der Waals surface area (Å²) >= 11 is 0.915. The number of para-hydroxylation sites is 3. The number of hydrogen-bond donors (Lipinski definition) is 21. The van der Waals surface area contributed by atoms with E-state index in [0.717, 1.165) is 25.6 Å². The Hall–Kier alpha value is -13.0. The van der Waals surface area contributed by atoms with Crippen molar-refractivity contribution >= 4 is 134 Å². The number of carbonyl (C=O) groups is 17. The van der Waals surface area contributed by atoms with E-state index in [1.165, 1.54) is 6.92 Å². The summed E-state index contributed by atoms with van der Waals surface area (Å²) in [6.07, 6.45) is -4.19. The topological polar surface area (TPSA) is 646 Å². The number of carboxylic acids is 1. The summed E-state index contributed by atoms with van der Waals surface area (Å²) in [4.78, 5) is 242. The van der Waals surface area contributed by atoms with Gasteiger partial charge in [0.05, 0.1) is 19.1 Å². The van der Waals surface area contributed by atoms with Crippen molar-refractivity contribution in [3.8, 4) is 11.5 Å². The van der Waals surface area contributed by atoms with Crippen LogP contribution in [0, 0.1) is 0 Å². The number of fused-ring (bicyclic) bond motifs is 2. The van der Waals surface area contributed by atoms with E-state index in [0.29, 0.717) is 50.0 Å².